The zero-order valence-corrected chi connectivity index (χ0v) is 6.79. The van der Waals surface area contributed by atoms with Crippen LogP contribution >= 0.6 is 0 Å². The van der Waals surface area contributed by atoms with Gasteiger partial charge in [-0.05, 0) is 20.5 Å². The van der Waals surface area contributed by atoms with E-state index in [9.17, 15) is 4.79 Å². The molecule has 11 heavy (non-hydrogen) atoms. The summed E-state index contributed by atoms with van der Waals surface area (Å²) >= 11 is 0. The number of carboxylic acids is 1. The number of aliphatic carboxylic acids is 1. The molecule has 0 spiro atoms. The summed E-state index contributed by atoms with van der Waals surface area (Å²) in [6.45, 7) is 0. The third-order valence-corrected chi connectivity index (χ3v) is 2.40. The zero-order chi connectivity index (χ0) is 8.43. The monoisotopic (exact) mass is 158 g/mol. The van der Waals surface area contributed by atoms with Gasteiger partial charge in [-0.1, -0.05) is 0 Å². The van der Waals surface area contributed by atoms with Gasteiger partial charge >= 0.3 is 5.97 Å². The minimum absolute atomic E-state index is 0.143. The van der Waals surface area contributed by atoms with Crippen LogP contribution in [-0.4, -0.2) is 37.3 Å². The minimum Gasteiger partial charge on any atom is -0.481 e. The molecule has 0 radical (unpaired) electrons. The van der Waals surface area contributed by atoms with Gasteiger partial charge in [-0.15, -0.1) is 0 Å². The van der Waals surface area contributed by atoms with E-state index in [-0.39, 0.29) is 18.0 Å². The standard InChI is InChI=1S/C7H14N2O2/c1-8-4-3-5(9-2)6(4)7(10)11/h4-6,8-9H,3H2,1-2H3,(H,10,11). The van der Waals surface area contributed by atoms with Gasteiger partial charge in [0.2, 0.25) is 0 Å². The number of hydrogen-bond donors (Lipinski definition) is 3. The maximum Gasteiger partial charge on any atom is 0.309 e. The number of carboxylic acid groups (broad SMARTS) is 1. The van der Waals surface area contributed by atoms with Gasteiger partial charge in [-0.2, -0.15) is 0 Å². The van der Waals surface area contributed by atoms with E-state index in [1.165, 1.54) is 0 Å². The van der Waals surface area contributed by atoms with Crippen LogP contribution in [0.15, 0.2) is 0 Å². The SMILES string of the molecule is CNC1CC(NC)C1C(=O)O. The summed E-state index contributed by atoms with van der Waals surface area (Å²) in [5, 5.41) is 14.7. The number of nitrogens with one attached hydrogen (secondary N) is 2. The summed E-state index contributed by atoms with van der Waals surface area (Å²) in [7, 11) is 3.60. The molecular formula is C7H14N2O2. The van der Waals surface area contributed by atoms with Gasteiger partial charge in [0.05, 0.1) is 5.92 Å². The van der Waals surface area contributed by atoms with Crippen molar-refractivity contribution in [1.29, 1.82) is 0 Å². The van der Waals surface area contributed by atoms with Crippen LogP contribution in [-0.2, 0) is 4.79 Å². The van der Waals surface area contributed by atoms with Crippen LogP contribution in [0.2, 0.25) is 0 Å². The molecule has 0 bridgehead atoms. The molecule has 1 rings (SSSR count). The highest BCUT2D eigenvalue weighted by Crippen LogP contribution is 2.27. The Morgan fingerprint density at radius 3 is 2.09 bits per heavy atom. The van der Waals surface area contributed by atoms with Crippen molar-refractivity contribution >= 4 is 5.97 Å². The molecule has 2 unspecified atom stereocenters. The van der Waals surface area contributed by atoms with E-state index in [0.717, 1.165) is 6.42 Å². The number of rotatable bonds is 3. The van der Waals surface area contributed by atoms with Crippen LogP contribution in [0.5, 0.6) is 0 Å². The van der Waals surface area contributed by atoms with E-state index in [0.29, 0.717) is 0 Å². The summed E-state index contributed by atoms with van der Waals surface area (Å²) in [5.41, 5.74) is 0. The molecule has 0 heterocycles. The van der Waals surface area contributed by atoms with E-state index in [4.69, 9.17) is 5.11 Å². The summed E-state index contributed by atoms with van der Waals surface area (Å²) in [4.78, 5) is 10.6. The fourth-order valence-corrected chi connectivity index (χ4v) is 1.59. The molecule has 0 amide bonds. The van der Waals surface area contributed by atoms with Crippen LogP contribution in [0.25, 0.3) is 0 Å². The second-order valence-electron chi connectivity index (χ2n) is 2.89. The summed E-state index contributed by atoms with van der Waals surface area (Å²) < 4.78 is 0. The molecule has 2 atom stereocenters. The Hall–Kier alpha value is -0.610. The summed E-state index contributed by atoms with van der Waals surface area (Å²) in [6.07, 6.45) is 0.907. The van der Waals surface area contributed by atoms with Crippen molar-refractivity contribution in [3.05, 3.63) is 0 Å². The van der Waals surface area contributed by atoms with E-state index in [2.05, 4.69) is 10.6 Å². The largest absolute Gasteiger partial charge is 0.481 e. The number of carbonyl (C=O) groups is 1. The maximum atomic E-state index is 10.6. The zero-order valence-electron chi connectivity index (χ0n) is 6.79. The lowest BCUT2D eigenvalue weighted by Gasteiger charge is -2.41. The third-order valence-electron chi connectivity index (χ3n) is 2.40. The van der Waals surface area contributed by atoms with E-state index in [1.807, 2.05) is 0 Å². The van der Waals surface area contributed by atoms with Crippen molar-refractivity contribution in [3.63, 3.8) is 0 Å². The van der Waals surface area contributed by atoms with Gasteiger partial charge in [0.1, 0.15) is 0 Å². The van der Waals surface area contributed by atoms with Crippen LogP contribution in [0.1, 0.15) is 6.42 Å². The first-order valence-electron chi connectivity index (χ1n) is 3.78. The number of hydrogen-bond acceptors (Lipinski definition) is 3. The maximum absolute atomic E-state index is 10.6. The third kappa shape index (κ3) is 1.36. The van der Waals surface area contributed by atoms with Crippen molar-refractivity contribution in [1.82, 2.24) is 10.6 Å². The van der Waals surface area contributed by atoms with Crippen LogP contribution in [0, 0.1) is 5.92 Å². The summed E-state index contributed by atoms with van der Waals surface area (Å²) in [5.74, 6) is -0.972. The molecule has 0 aromatic carbocycles. The lowest BCUT2D eigenvalue weighted by atomic mass is 9.74. The Morgan fingerprint density at radius 2 is 1.82 bits per heavy atom. The van der Waals surface area contributed by atoms with Crippen LogP contribution < -0.4 is 10.6 Å². The normalized spacial score (nSPS) is 36.4. The molecule has 0 aliphatic heterocycles. The highest BCUT2D eigenvalue weighted by molar-refractivity contribution is 5.73. The first-order chi connectivity index (χ1) is 5.20. The Bertz CT molecular complexity index is 151. The smallest absolute Gasteiger partial charge is 0.309 e. The van der Waals surface area contributed by atoms with E-state index < -0.39 is 5.97 Å². The van der Waals surface area contributed by atoms with Crippen molar-refractivity contribution in [2.75, 3.05) is 14.1 Å². The molecule has 1 aliphatic rings. The molecule has 4 nitrogen and oxygen atoms in total. The van der Waals surface area contributed by atoms with Crippen molar-refractivity contribution in [3.8, 4) is 0 Å². The van der Waals surface area contributed by atoms with Crippen molar-refractivity contribution in [2.24, 2.45) is 5.92 Å². The highest BCUT2D eigenvalue weighted by Gasteiger charge is 2.44. The molecule has 0 saturated heterocycles. The second-order valence-corrected chi connectivity index (χ2v) is 2.89. The first-order valence-corrected chi connectivity index (χ1v) is 3.78. The molecule has 1 aliphatic carbocycles. The predicted molar refractivity (Wildman–Crippen MR) is 41.4 cm³/mol. The molecule has 4 heteroatoms. The highest BCUT2D eigenvalue weighted by atomic mass is 16.4. The van der Waals surface area contributed by atoms with Gasteiger partial charge in [-0.3, -0.25) is 4.79 Å². The van der Waals surface area contributed by atoms with Crippen LogP contribution in [0.4, 0.5) is 0 Å². The molecule has 0 aromatic heterocycles. The van der Waals surface area contributed by atoms with Crippen LogP contribution in [0.3, 0.4) is 0 Å². The average Bonchev–Trinajstić information content (AvgIpc) is 1.86. The van der Waals surface area contributed by atoms with Gasteiger partial charge in [-0.25, -0.2) is 0 Å². The van der Waals surface area contributed by atoms with Gasteiger partial charge in [0, 0.05) is 12.1 Å². The van der Waals surface area contributed by atoms with E-state index >= 15 is 0 Å². The molecule has 0 aromatic rings. The van der Waals surface area contributed by atoms with E-state index in [1.54, 1.807) is 14.1 Å². The molecule has 64 valence electrons. The van der Waals surface area contributed by atoms with Crippen molar-refractivity contribution in [2.45, 2.75) is 18.5 Å². The molecule has 3 N–H and O–H groups in total. The first kappa shape index (κ1) is 8.49. The predicted octanol–water partition coefficient (Wildman–Crippen LogP) is -0.733. The minimum atomic E-state index is -0.713. The lowest BCUT2D eigenvalue weighted by molar-refractivity contribution is -0.147. The fraction of sp³-hybridized carbons (Fsp3) is 0.857. The Morgan fingerprint density at radius 1 is 1.36 bits per heavy atom. The van der Waals surface area contributed by atoms with Gasteiger partial charge < -0.3 is 15.7 Å². The van der Waals surface area contributed by atoms with Gasteiger partial charge in [0.15, 0.2) is 0 Å². The lowest BCUT2D eigenvalue weighted by Crippen LogP contribution is -2.60. The van der Waals surface area contributed by atoms with Gasteiger partial charge in [0.25, 0.3) is 0 Å². The quantitative estimate of drug-likeness (QED) is 0.506. The second kappa shape index (κ2) is 3.19. The Labute approximate surface area is 66.0 Å². The summed E-state index contributed by atoms with van der Waals surface area (Å²) in [6, 6.07) is 0.287. The topological polar surface area (TPSA) is 61.4 Å². The Balaban J connectivity index is 2.49. The Kier molecular flexibility index (Phi) is 2.46. The van der Waals surface area contributed by atoms with Crippen molar-refractivity contribution < 1.29 is 9.90 Å². The fourth-order valence-electron chi connectivity index (χ4n) is 1.59. The molecular weight excluding hydrogens is 144 g/mol. The average molecular weight is 158 g/mol. The molecule has 1 saturated carbocycles. The molecule has 1 fully saturated rings.